The molecule has 1 rings (SSSR count). The van der Waals surface area contributed by atoms with E-state index in [0.29, 0.717) is 0 Å². The van der Waals surface area contributed by atoms with Crippen molar-refractivity contribution in [2.24, 2.45) is 0 Å². The maximum atomic E-state index is 12.6. The third-order valence-electron chi connectivity index (χ3n) is 1.16. The van der Waals surface area contributed by atoms with Crippen molar-refractivity contribution in [3.63, 3.8) is 0 Å². The van der Waals surface area contributed by atoms with Gasteiger partial charge in [-0.1, -0.05) is 6.92 Å². The summed E-state index contributed by atoms with van der Waals surface area (Å²) in [6, 6.07) is 0. The summed E-state index contributed by atoms with van der Waals surface area (Å²) in [6.45, 7) is 1.32. The Morgan fingerprint density at radius 1 is 1.64 bits per heavy atom. The van der Waals surface area contributed by atoms with Crippen molar-refractivity contribution < 1.29 is 13.3 Å². The number of alkyl halides is 2. The molecule has 0 amide bonds. The summed E-state index contributed by atoms with van der Waals surface area (Å²) in [5, 5.41) is 2.73. The zero-order valence-corrected chi connectivity index (χ0v) is 6.40. The summed E-state index contributed by atoms with van der Waals surface area (Å²) in [5.74, 6) is -3.80. The van der Waals surface area contributed by atoms with Gasteiger partial charge < -0.3 is 4.52 Å². The first-order chi connectivity index (χ1) is 5.06. The number of halogens is 3. The molecule has 62 valence electrons. The van der Waals surface area contributed by atoms with E-state index in [0.717, 1.165) is 0 Å². The first kappa shape index (κ1) is 8.39. The van der Waals surface area contributed by atoms with E-state index in [2.05, 4.69) is 14.7 Å². The predicted octanol–water partition coefficient (Wildman–Crippen LogP) is 2.22. The van der Waals surface area contributed by atoms with Gasteiger partial charge in [0.15, 0.2) is 0 Å². The van der Waals surface area contributed by atoms with E-state index >= 15 is 0 Å². The van der Waals surface area contributed by atoms with Gasteiger partial charge in [0, 0.05) is 6.42 Å². The molecule has 0 saturated carbocycles. The summed E-state index contributed by atoms with van der Waals surface area (Å²) in [5.41, 5.74) is 0. The second-order valence-corrected chi connectivity index (χ2v) is 2.26. The molecule has 0 unspecified atom stereocenters. The van der Waals surface area contributed by atoms with Crippen LogP contribution in [0.25, 0.3) is 0 Å². The van der Waals surface area contributed by atoms with Crippen LogP contribution in [0.4, 0.5) is 8.78 Å². The van der Waals surface area contributed by atoms with Crippen molar-refractivity contribution in [1.82, 2.24) is 10.1 Å². The number of aromatic nitrogens is 2. The lowest BCUT2D eigenvalue weighted by atomic mass is 10.3. The molecule has 0 aliphatic rings. The third kappa shape index (κ3) is 1.65. The van der Waals surface area contributed by atoms with Crippen LogP contribution < -0.4 is 0 Å². The van der Waals surface area contributed by atoms with Gasteiger partial charge in [-0.2, -0.15) is 13.8 Å². The maximum Gasteiger partial charge on any atom is 0.324 e. The zero-order valence-electron chi connectivity index (χ0n) is 5.64. The van der Waals surface area contributed by atoms with Gasteiger partial charge in [0.05, 0.1) is 0 Å². The summed E-state index contributed by atoms with van der Waals surface area (Å²) in [4.78, 5) is 3.19. The van der Waals surface area contributed by atoms with Crippen LogP contribution in [0.5, 0.6) is 0 Å². The summed E-state index contributed by atoms with van der Waals surface area (Å²) in [6.07, 6.45) is -0.383. The lowest BCUT2D eigenvalue weighted by Crippen LogP contribution is -2.11. The van der Waals surface area contributed by atoms with Gasteiger partial charge in [0.1, 0.15) is 0 Å². The lowest BCUT2D eigenvalue weighted by molar-refractivity contribution is -0.0391. The van der Waals surface area contributed by atoms with Crippen LogP contribution in [-0.4, -0.2) is 10.1 Å². The Kier molecular flexibility index (Phi) is 2.08. The standard InChI is InChI=1S/C5H5ClF2N2O/c1-2-5(7,8)3-9-4(6)10-11-3/h2H2,1H3. The minimum atomic E-state index is -3.07. The Bertz CT molecular complexity index is 250. The largest absolute Gasteiger partial charge is 0.331 e. The van der Waals surface area contributed by atoms with Crippen LogP contribution in [0.15, 0.2) is 4.52 Å². The van der Waals surface area contributed by atoms with Crippen molar-refractivity contribution in [2.45, 2.75) is 19.3 Å². The summed E-state index contributed by atoms with van der Waals surface area (Å²) >= 11 is 5.17. The molecule has 0 aliphatic carbocycles. The van der Waals surface area contributed by atoms with E-state index in [4.69, 9.17) is 11.6 Å². The Hall–Kier alpha value is -0.710. The highest BCUT2D eigenvalue weighted by Gasteiger charge is 2.35. The first-order valence-corrected chi connectivity index (χ1v) is 3.31. The molecule has 1 aromatic rings. The molecule has 3 nitrogen and oxygen atoms in total. The highest BCUT2D eigenvalue weighted by molar-refractivity contribution is 6.28. The molecule has 0 aromatic carbocycles. The molecule has 6 heteroatoms. The van der Waals surface area contributed by atoms with E-state index in [1.54, 1.807) is 0 Å². The molecule has 0 saturated heterocycles. The average molecular weight is 183 g/mol. The molecule has 0 N–H and O–H groups in total. The normalized spacial score (nSPS) is 12.0. The molecular formula is C5H5ClF2N2O. The fourth-order valence-corrected chi connectivity index (χ4v) is 0.617. The van der Waals surface area contributed by atoms with Gasteiger partial charge in [-0.25, -0.2) is 0 Å². The smallest absolute Gasteiger partial charge is 0.324 e. The second-order valence-electron chi connectivity index (χ2n) is 1.93. The molecule has 0 spiro atoms. The van der Waals surface area contributed by atoms with Crippen LogP contribution in [0.3, 0.4) is 0 Å². The van der Waals surface area contributed by atoms with Crippen LogP contribution in [0, 0.1) is 0 Å². The zero-order chi connectivity index (χ0) is 8.48. The SMILES string of the molecule is CCC(F)(F)c1nc(Cl)no1. The monoisotopic (exact) mass is 182 g/mol. The van der Waals surface area contributed by atoms with Crippen molar-refractivity contribution >= 4 is 11.6 Å². The van der Waals surface area contributed by atoms with Gasteiger partial charge in [-0.3, -0.25) is 0 Å². The van der Waals surface area contributed by atoms with E-state index in [9.17, 15) is 8.78 Å². The summed E-state index contributed by atoms with van der Waals surface area (Å²) in [7, 11) is 0. The van der Waals surface area contributed by atoms with Crippen molar-refractivity contribution in [2.75, 3.05) is 0 Å². The fourth-order valence-electron chi connectivity index (χ4n) is 0.505. The Morgan fingerprint density at radius 2 is 2.27 bits per heavy atom. The molecular weight excluding hydrogens is 178 g/mol. The molecule has 1 heterocycles. The Labute approximate surface area is 66.3 Å². The van der Waals surface area contributed by atoms with Gasteiger partial charge in [0.2, 0.25) is 0 Å². The van der Waals surface area contributed by atoms with Crippen LogP contribution in [0.2, 0.25) is 5.28 Å². The molecule has 0 fully saturated rings. The molecule has 11 heavy (non-hydrogen) atoms. The number of nitrogens with zero attached hydrogens (tertiary/aromatic N) is 2. The highest BCUT2D eigenvalue weighted by Crippen LogP contribution is 2.29. The molecule has 0 bridgehead atoms. The quantitative estimate of drug-likeness (QED) is 0.704. The van der Waals surface area contributed by atoms with Gasteiger partial charge in [0.25, 0.3) is 11.2 Å². The Morgan fingerprint density at radius 3 is 2.64 bits per heavy atom. The minimum Gasteiger partial charge on any atom is -0.331 e. The molecule has 0 aliphatic heterocycles. The summed E-state index contributed by atoms with van der Waals surface area (Å²) < 4.78 is 29.5. The van der Waals surface area contributed by atoms with Crippen LogP contribution in [-0.2, 0) is 5.92 Å². The Balaban J connectivity index is 2.92. The fraction of sp³-hybridized carbons (Fsp3) is 0.600. The van der Waals surface area contributed by atoms with E-state index in [1.165, 1.54) is 6.92 Å². The molecule has 1 aromatic heterocycles. The number of rotatable bonds is 2. The highest BCUT2D eigenvalue weighted by atomic mass is 35.5. The van der Waals surface area contributed by atoms with Gasteiger partial charge in [-0.15, -0.1) is 0 Å². The van der Waals surface area contributed by atoms with Crippen molar-refractivity contribution in [1.29, 1.82) is 0 Å². The van der Waals surface area contributed by atoms with Crippen molar-refractivity contribution in [3.05, 3.63) is 11.2 Å². The van der Waals surface area contributed by atoms with Crippen molar-refractivity contribution in [3.8, 4) is 0 Å². The number of hydrogen-bond donors (Lipinski definition) is 0. The van der Waals surface area contributed by atoms with Crippen LogP contribution >= 0.6 is 11.6 Å². The number of hydrogen-bond acceptors (Lipinski definition) is 3. The van der Waals surface area contributed by atoms with Gasteiger partial charge in [-0.05, 0) is 16.8 Å². The van der Waals surface area contributed by atoms with E-state index < -0.39 is 11.8 Å². The van der Waals surface area contributed by atoms with E-state index in [-0.39, 0.29) is 11.7 Å². The lowest BCUT2D eigenvalue weighted by Gasteiger charge is -2.05. The maximum absolute atomic E-state index is 12.6. The minimum absolute atomic E-state index is 0.298. The van der Waals surface area contributed by atoms with E-state index in [1.807, 2.05) is 0 Å². The average Bonchev–Trinajstić information content (AvgIpc) is 2.36. The van der Waals surface area contributed by atoms with Gasteiger partial charge >= 0.3 is 5.92 Å². The van der Waals surface area contributed by atoms with Crippen LogP contribution in [0.1, 0.15) is 19.2 Å². The second kappa shape index (κ2) is 2.73. The topological polar surface area (TPSA) is 38.9 Å². The third-order valence-corrected chi connectivity index (χ3v) is 1.31. The molecule has 0 radical (unpaired) electrons. The predicted molar refractivity (Wildman–Crippen MR) is 33.5 cm³/mol. The molecule has 0 atom stereocenters. The first-order valence-electron chi connectivity index (χ1n) is 2.94.